The van der Waals surface area contributed by atoms with Crippen LogP contribution in [0.15, 0.2) is 0 Å². The van der Waals surface area contributed by atoms with Crippen LogP contribution in [0.4, 0.5) is 0 Å². The highest BCUT2D eigenvalue weighted by atomic mass is 16.5. The zero-order valence-electron chi connectivity index (χ0n) is 12.5. The second-order valence-corrected chi connectivity index (χ2v) is 5.58. The van der Waals surface area contributed by atoms with E-state index in [1.807, 2.05) is 4.90 Å². The van der Waals surface area contributed by atoms with Crippen molar-refractivity contribution in [3.63, 3.8) is 0 Å². The zero-order valence-corrected chi connectivity index (χ0v) is 12.5. The Labute approximate surface area is 121 Å². The molecule has 0 aliphatic carbocycles. The van der Waals surface area contributed by atoms with Gasteiger partial charge in [0.1, 0.15) is 0 Å². The lowest BCUT2D eigenvalue weighted by Crippen LogP contribution is -2.51. The summed E-state index contributed by atoms with van der Waals surface area (Å²) in [5.74, 6) is 0.887. The summed E-state index contributed by atoms with van der Waals surface area (Å²) in [4.78, 5) is 16.4. The summed E-state index contributed by atoms with van der Waals surface area (Å²) < 4.78 is 10.4. The average Bonchev–Trinajstić information content (AvgIpc) is 2.97. The third-order valence-corrected chi connectivity index (χ3v) is 4.02. The summed E-state index contributed by atoms with van der Waals surface area (Å²) in [6.07, 6.45) is 1.18. The van der Waals surface area contributed by atoms with Crippen molar-refractivity contribution < 1.29 is 14.3 Å². The largest absolute Gasteiger partial charge is 0.383 e. The first-order valence-corrected chi connectivity index (χ1v) is 7.57. The molecule has 2 rings (SSSR count). The molecule has 0 bridgehead atoms. The maximum atomic E-state index is 12.0. The number of ether oxygens (including phenoxy) is 2. The third kappa shape index (κ3) is 5.01. The first-order chi connectivity index (χ1) is 9.79. The number of carbonyl (C=O) groups excluding carboxylic acids is 1. The molecule has 6 heteroatoms. The molecule has 0 spiro atoms. The molecule has 2 fully saturated rings. The van der Waals surface area contributed by atoms with Crippen LogP contribution < -0.4 is 5.32 Å². The normalized spacial score (nSPS) is 24.2. The van der Waals surface area contributed by atoms with Crippen LogP contribution in [0.3, 0.4) is 0 Å². The Morgan fingerprint density at radius 3 is 2.80 bits per heavy atom. The molecular formula is C14H27N3O3. The highest BCUT2D eigenvalue weighted by Gasteiger charge is 2.24. The molecular weight excluding hydrogens is 258 g/mol. The van der Waals surface area contributed by atoms with Crippen molar-refractivity contribution in [3.05, 3.63) is 0 Å². The molecule has 6 nitrogen and oxygen atoms in total. The standard InChI is InChI=1S/C14H27N3O3/c1-19-9-3-15-10-14(18)17-6-4-16(5-7-17)11-13-2-8-20-12-13/h13,15H,2-12H2,1H3. The van der Waals surface area contributed by atoms with E-state index >= 15 is 0 Å². The van der Waals surface area contributed by atoms with Gasteiger partial charge in [-0.05, 0) is 12.3 Å². The minimum atomic E-state index is 0.199. The number of methoxy groups -OCH3 is 1. The minimum absolute atomic E-state index is 0.199. The lowest BCUT2D eigenvalue weighted by molar-refractivity contribution is -0.132. The van der Waals surface area contributed by atoms with Crippen LogP contribution in [0.2, 0.25) is 0 Å². The molecule has 0 aromatic heterocycles. The minimum Gasteiger partial charge on any atom is -0.383 e. The summed E-state index contributed by atoms with van der Waals surface area (Å²) in [5, 5.41) is 3.11. The van der Waals surface area contributed by atoms with Crippen LogP contribution in [-0.4, -0.2) is 88.5 Å². The Morgan fingerprint density at radius 1 is 1.35 bits per heavy atom. The molecule has 0 saturated carbocycles. The van der Waals surface area contributed by atoms with Gasteiger partial charge in [0, 0.05) is 53.0 Å². The Hall–Kier alpha value is -0.690. The van der Waals surface area contributed by atoms with E-state index in [0.717, 1.165) is 52.5 Å². The number of hydrogen-bond donors (Lipinski definition) is 1. The topological polar surface area (TPSA) is 54.0 Å². The van der Waals surface area contributed by atoms with Gasteiger partial charge in [-0.25, -0.2) is 0 Å². The average molecular weight is 285 g/mol. The van der Waals surface area contributed by atoms with Crippen molar-refractivity contribution in [2.75, 3.05) is 72.7 Å². The van der Waals surface area contributed by atoms with E-state index in [-0.39, 0.29) is 5.91 Å². The Balaban J connectivity index is 1.59. The number of nitrogens with one attached hydrogen (secondary N) is 1. The predicted molar refractivity (Wildman–Crippen MR) is 76.7 cm³/mol. The van der Waals surface area contributed by atoms with E-state index in [0.29, 0.717) is 19.1 Å². The number of nitrogens with zero attached hydrogens (tertiary/aromatic N) is 2. The van der Waals surface area contributed by atoms with Gasteiger partial charge < -0.3 is 19.7 Å². The number of piperazine rings is 1. The summed E-state index contributed by atoms with van der Waals surface area (Å²) in [5.41, 5.74) is 0. The fourth-order valence-corrected chi connectivity index (χ4v) is 2.75. The van der Waals surface area contributed by atoms with Crippen molar-refractivity contribution in [3.8, 4) is 0 Å². The molecule has 0 aromatic rings. The Kier molecular flexibility index (Phi) is 6.72. The Bertz CT molecular complexity index is 287. The smallest absolute Gasteiger partial charge is 0.236 e. The highest BCUT2D eigenvalue weighted by molar-refractivity contribution is 5.78. The van der Waals surface area contributed by atoms with Crippen molar-refractivity contribution >= 4 is 5.91 Å². The number of carbonyl (C=O) groups is 1. The van der Waals surface area contributed by atoms with Gasteiger partial charge >= 0.3 is 0 Å². The van der Waals surface area contributed by atoms with E-state index in [1.54, 1.807) is 7.11 Å². The SMILES string of the molecule is COCCNCC(=O)N1CCN(CC2CCOC2)CC1. The molecule has 1 atom stereocenters. The first kappa shape index (κ1) is 15.7. The zero-order chi connectivity index (χ0) is 14.2. The summed E-state index contributed by atoms with van der Waals surface area (Å²) in [6.45, 7) is 8.39. The molecule has 20 heavy (non-hydrogen) atoms. The van der Waals surface area contributed by atoms with Crippen LogP contribution in [0, 0.1) is 5.92 Å². The molecule has 0 radical (unpaired) electrons. The molecule has 1 amide bonds. The van der Waals surface area contributed by atoms with Crippen LogP contribution >= 0.6 is 0 Å². The van der Waals surface area contributed by atoms with Crippen LogP contribution in [0.25, 0.3) is 0 Å². The van der Waals surface area contributed by atoms with Crippen LogP contribution in [0.1, 0.15) is 6.42 Å². The maximum absolute atomic E-state index is 12.0. The Morgan fingerprint density at radius 2 is 2.15 bits per heavy atom. The second-order valence-electron chi connectivity index (χ2n) is 5.58. The summed E-state index contributed by atoms with van der Waals surface area (Å²) in [7, 11) is 1.66. The van der Waals surface area contributed by atoms with E-state index in [1.165, 1.54) is 6.42 Å². The third-order valence-electron chi connectivity index (χ3n) is 4.02. The second kappa shape index (κ2) is 8.56. The fourth-order valence-electron chi connectivity index (χ4n) is 2.75. The van der Waals surface area contributed by atoms with Crippen LogP contribution in [-0.2, 0) is 14.3 Å². The predicted octanol–water partition coefficient (Wildman–Crippen LogP) is -0.597. The van der Waals surface area contributed by atoms with Crippen molar-refractivity contribution in [1.82, 2.24) is 15.1 Å². The van der Waals surface area contributed by atoms with Gasteiger partial charge in [0.25, 0.3) is 0 Å². The van der Waals surface area contributed by atoms with Gasteiger partial charge in [0.05, 0.1) is 19.8 Å². The van der Waals surface area contributed by atoms with E-state index in [9.17, 15) is 4.79 Å². The molecule has 0 aromatic carbocycles. The first-order valence-electron chi connectivity index (χ1n) is 7.57. The molecule has 116 valence electrons. The molecule has 2 aliphatic rings. The van der Waals surface area contributed by atoms with Gasteiger partial charge in [-0.3, -0.25) is 9.69 Å². The summed E-state index contributed by atoms with van der Waals surface area (Å²) >= 11 is 0. The van der Waals surface area contributed by atoms with Crippen molar-refractivity contribution in [2.24, 2.45) is 5.92 Å². The maximum Gasteiger partial charge on any atom is 0.236 e. The monoisotopic (exact) mass is 285 g/mol. The van der Waals surface area contributed by atoms with E-state index in [2.05, 4.69) is 10.2 Å². The molecule has 2 aliphatic heterocycles. The molecule has 2 saturated heterocycles. The number of amides is 1. The van der Waals surface area contributed by atoms with Gasteiger partial charge in [-0.2, -0.15) is 0 Å². The van der Waals surface area contributed by atoms with Gasteiger partial charge in [0.15, 0.2) is 0 Å². The number of rotatable bonds is 7. The van der Waals surface area contributed by atoms with Gasteiger partial charge in [-0.1, -0.05) is 0 Å². The molecule has 1 unspecified atom stereocenters. The highest BCUT2D eigenvalue weighted by Crippen LogP contribution is 2.15. The van der Waals surface area contributed by atoms with Crippen molar-refractivity contribution in [2.45, 2.75) is 6.42 Å². The van der Waals surface area contributed by atoms with Crippen molar-refractivity contribution in [1.29, 1.82) is 0 Å². The lowest BCUT2D eigenvalue weighted by atomic mass is 10.1. The van der Waals surface area contributed by atoms with Gasteiger partial charge in [-0.15, -0.1) is 0 Å². The lowest BCUT2D eigenvalue weighted by Gasteiger charge is -2.35. The van der Waals surface area contributed by atoms with E-state index < -0.39 is 0 Å². The van der Waals surface area contributed by atoms with Gasteiger partial charge in [0.2, 0.25) is 5.91 Å². The van der Waals surface area contributed by atoms with Crippen LogP contribution in [0.5, 0.6) is 0 Å². The quantitative estimate of drug-likeness (QED) is 0.633. The fraction of sp³-hybridized carbons (Fsp3) is 0.929. The van der Waals surface area contributed by atoms with E-state index in [4.69, 9.17) is 9.47 Å². The molecule has 2 heterocycles. The number of hydrogen-bond acceptors (Lipinski definition) is 5. The summed E-state index contributed by atoms with van der Waals surface area (Å²) in [6, 6.07) is 0. The molecule has 1 N–H and O–H groups in total.